The van der Waals surface area contributed by atoms with Crippen LogP contribution in [0.25, 0.3) is 0 Å². The number of ether oxygens (including phenoxy) is 1. The highest BCUT2D eigenvalue weighted by molar-refractivity contribution is 7.89. The van der Waals surface area contributed by atoms with Gasteiger partial charge in [-0.15, -0.1) is 0 Å². The summed E-state index contributed by atoms with van der Waals surface area (Å²) in [5.41, 5.74) is 0.480. The lowest BCUT2D eigenvalue weighted by molar-refractivity contribution is 0.386. The Hall–Kier alpha value is -1.63. The molecule has 22 heavy (non-hydrogen) atoms. The van der Waals surface area contributed by atoms with Crippen LogP contribution in [0.5, 0.6) is 5.75 Å². The highest BCUT2D eigenvalue weighted by Crippen LogP contribution is 2.25. The summed E-state index contributed by atoms with van der Waals surface area (Å²) in [6.07, 6.45) is 0. The topological polar surface area (TPSA) is 55.4 Å². The van der Waals surface area contributed by atoms with E-state index in [1.807, 2.05) is 0 Å². The van der Waals surface area contributed by atoms with Crippen molar-refractivity contribution in [3.63, 3.8) is 0 Å². The monoisotopic (exact) mass is 343 g/mol. The zero-order valence-corrected chi connectivity index (χ0v) is 13.6. The van der Waals surface area contributed by atoms with Gasteiger partial charge in [-0.1, -0.05) is 29.8 Å². The Kier molecular flexibility index (Phi) is 5.05. The Balaban J connectivity index is 2.26. The van der Waals surface area contributed by atoms with Crippen LogP contribution < -0.4 is 9.46 Å². The lowest BCUT2D eigenvalue weighted by Gasteiger charge is -2.16. The quantitative estimate of drug-likeness (QED) is 0.903. The first-order valence-corrected chi connectivity index (χ1v) is 8.31. The molecule has 0 aliphatic heterocycles. The standard InChI is InChI=1S/C15H15ClFNO3S/c1-10(11-7-8-14(21-2)13(17)9-11)18-22(19,20)15-6-4-3-5-12(15)16/h3-10,18H,1-2H3. The maximum Gasteiger partial charge on any atom is 0.242 e. The largest absolute Gasteiger partial charge is 0.494 e. The lowest BCUT2D eigenvalue weighted by Crippen LogP contribution is -2.27. The molecule has 1 atom stereocenters. The summed E-state index contributed by atoms with van der Waals surface area (Å²) in [6.45, 7) is 1.62. The molecule has 0 fully saturated rings. The van der Waals surface area contributed by atoms with Crippen molar-refractivity contribution in [2.75, 3.05) is 7.11 Å². The van der Waals surface area contributed by atoms with Crippen molar-refractivity contribution >= 4 is 21.6 Å². The van der Waals surface area contributed by atoms with E-state index in [-0.39, 0.29) is 15.7 Å². The molecular weight excluding hydrogens is 329 g/mol. The van der Waals surface area contributed by atoms with Gasteiger partial charge in [-0.2, -0.15) is 0 Å². The Morgan fingerprint density at radius 3 is 2.50 bits per heavy atom. The summed E-state index contributed by atoms with van der Waals surface area (Å²) in [4.78, 5) is -0.0162. The number of hydrogen-bond acceptors (Lipinski definition) is 3. The van der Waals surface area contributed by atoms with E-state index >= 15 is 0 Å². The molecule has 2 rings (SSSR count). The van der Waals surface area contributed by atoms with Crippen molar-refractivity contribution in [2.24, 2.45) is 0 Å². The predicted molar refractivity (Wildman–Crippen MR) is 83.1 cm³/mol. The van der Waals surface area contributed by atoms with E-state index in [4.69, 9.17) is 16.3 Å². The second-order valence-corrected chi connectivity index (χ2v) is 6.76. The molecule has 1 unspecified atom stereocenters. The molecule has 2 aromatic carbocycles. The fraction of sp³-hybridized carbons (Fsp3) is 0.200. The van der Waals surface area contributed by atoms with Crippen molar-refractivity contribution in [3.05, 3.63) is 58.9 Å². The Labute approximate surface area is 133 Å². The first-order valence-electron chi connectivity index (χ1n) is 6.45. The molecule has 1 N–H and O–H groups in total. The first-order chi connectivity index (χ1) is 10.3. The van der Waals surface area contributed by atoms with Crippen LogP contribution in [0.3, 0.4) is 0 Å². The smallest absolute Gasteiger partial charge is 0.242 e. The zero-order valence-electron chi connectivity index (χ0n) is 12.0. The molecule has 0 aliphatic carbocycles. The molecule has 0 radical (unpaired) electrons. The van der Waals surface area contributed by atoms with E-state index in [9.17, 15) is 12.8 Å². The molecule has 0 heterocycles. The fourth-order valence-electron chi connectivity index (χ4n) is 1.98. The average molecular weight is 344 g/mol. The third-order valence-corrected chi connectivity index (χ3v) is 5.17. The number of benzene rings is 2. The SMILES string of the molecule is COc1ccc(C(C)NS(=O)(=O)c2ccccc2Cl)cc1F. The second-order valence-electron chi connectivity index (χ2n) is 4.67. The molecule has 0 aromatic heterocycles. The molecule has 0 saturated carbocycles. The van der Waals surface area contributed by atoms with Crippen molar-refractivity contribution in [1.29, 1.82) is 0 Å². The molecule has 0 aliphatic rings. The second kappa shape index (κ2) is 6.64. The van der Waals surface area contributed by atoms with Gasteiger partial charge in [-0.25, -0.2) is 17.5 Å². The summed E-state index contributed by atoms with van der Waals surface area (Å²) in [7, 11) is -2.44. The Bertz CT molecular complexity index is 780. The van der Waals surface area contributed by atoms with Gasteiger partial charge in [-0.3, -0.25) is 0 Å². The van der Waals surface area contributed by atoms with Gasteiger partial charge >= 0.3 is 0 Å². The van der Waals surface area contributed by atoms with E-state index < -0.39 is 21.9 Å². The van der Waals surface area contributed by atoms with Crippen molar-refractivity contribution in [1.82, 2.24) is 4.72 Å². The van der Waals surface area contributed by atoms with Gasteiger partial charge in [-0.05, 0) is 36.8 Å². The minimum Gasteiger partial charge on any atom is -0.494 e. The molecule has 0 amide bonds. The van der Waals surface area contributed by atoms with Crippen molar-refractivity contribution < 1.29 is 17.5 Å². The number of sulfonamides is 1. The molecule has 0 spiro atoms. The highest BCUT2D eigenvalue weighted by atomic mass is 35.5. The van der Waals surface area contributed by atoms with E-state index in [0.717, 1.165) is 0 Å². The molecule has 7 heteroatoms. The highest BCUT2D eigenvalue weighted by Gasteiger charge is 2.21. The van der Waals surface area contributed by atoms with Gasteiger partial charge in [0.15, 0.2) is 11.6 Å². The number of methoxy groups -OCH3 is 1. The van der Waals surface area contributed by atoms with Gasteiger partial charge in [0.05, 0.1) is 12.1 Å². The van der Waals surface area contributed by atoms with E-state index in [2.05, 4.69) is 4.72 Å². The maximum absolute atomic E-state index is 13.7. The Morgan fingerprint density at radius 1 is 1.23 bits per heavy atom. The number of rotatable bonds is 5. The fourth-order valence-corrected chi connectivity index (χ4v) is 3.73. The van der Waals surface area contributed by atoms with Crippen LogP contribution in [0.4, 0.5) is 4.39 Å². The third-order valence-electron chi connectivity index (χ3n) is 3.13. The summed E-state index contributed by atoms with van der Waals surface area (Å²) >= 11 is 5.91. The molecule has 118 valence electrons. The molecule has 2 aromatic rings. The molecule has 0 saturated heterocycles. The predicted octanol–water partition coefficient (Wildman–Crippen LogP) is 3.53. The van der Waals surface area contributed by atoms with Gasteiger partial charge in [0, 0.05) is 6.04 Å². The van der Waals surface area contributed by atoms with E-state index in [1.54, 1.807) is 25.1 Å². The maximum atomic E-state index is 13.7. The van der Waals surface area contributed by atoms with Crippen LogP contribution >= 0.6 is 11.6 Å². The zero-order chi connectivity index (χ0) is 16.3. The Morgan fingerprint density at radius 2 is 1.91 bits per heavy atom. The van der Waals surface area contributed by atoms with Crippen molar-refractivity contribution in [2.45, 2.75) is 17.9 Å². The van der Waals surface area contributed by atoms with Crippen LogP contribution in [0, 0.1) is 5.82 Å². The lowest BCUT2D eigenvalue weighted by atomic mass is 10.1. The average Bonchev–Trinajstić information content (AvgIpc) is 2.46. The van der Waals surface area contributed by atoms with Gasteiger partial charge in [0.1, 0.15) is 4.90 Å². The van der Waals surface area contributed by atoms with E-state index in [0.29, 0.717) is 5.56 Å². The first kappa shape index (κ1) is 16.7. The van der Waals surface area contributed by atoms with Gasteiger partial charge in [0.25, 0.3) is 0 Å². The summed E-state index contributed by atoms with van der Waals surface area (Å²) in [6, 6.07) is 9.79. The van der Waals surface area contributed by atoms with Crippen LogP contribution in [0.2, 0.25) is 5.02 Å². The number of halogens is 2. The summed E-state index contributed by atoms with van der Waals surface area (Å²) < 4.78 is 45.7. The van der Waals surface area contributed by atoms with Crippen LogP contribution in [-0.4, -0.2) is 15.5 Å². The normalized spacial score (nSPS) is 12.9. The number of nitrogens with one attached hydrogen (secondary N) is 1. The van der Waals surface area contributed by atoms with Crippen LogP contribution in [0.1, 0.15) is 18.5 Å². The molecular formula is C15H15ClFNO3S. The van der Waals surface area contributed by atoms with Gasteiger partial charge in [0.2, 0.25) is 10.0 Å². The van der Waals surface area contributed by atoms with Crippen LogP contribution in [-0.2, 0) is 10.0 Å². The minimum absolute atomic E-state index is 0.0162. The minimum atomic E-state index is -3.80. The van der Waals surface area contributed by atoms with Gasteiger partial charge < -0.3 is 4.74 Å². The molecule has 0 bridgehead atoms. The third kappa shape index (κ3) is 3.58. The van der Waals surface area contributed by atoms with E-state index in [1.165, 1.54) is 31.4 Å². The summed E-state index contributed by atoms with van der Waals surface area (Å²) in [5, 5.41) is 0.128. The van der Waals surface area contributed by atoms with Crippen LogP contribution in [0.15, 0.2) is 47.4 Å². The molecule has 4 nitrogen and oxygen atoms in total. The number of hydrogen-bond donors (Lipinski definition) is 1. The summed E-state index contributed by atoms with van der Waals surface area (Å²) in [5.74, 6) is -0.450. The van der Waals surface area contributed by atoms with Crippen molar-refractivity contribution in [3.8, 4) is 5.75 Å².